The van der Waals surface area contributed by atoms with Crippen molar-refractivity contribution in [1.29, 1.82) is 0 Å². The van der Waals surface area contributed by atoms with Gasteiger partial charge in [0.05, 0.1) is 17.3 Å². The molecule has 3 N–H and O–H groups in total. The number of aromatic nitrogens is 4. The molecule has 0 atom stereocenters. The number of pyridine rings is 1. The van der Waals surface area contributed by atoms with Gasteiger partial charge in [0.25, 0.3) is 0 Å². The van der Waals surface area contributed by atoms with Gasteiger partial charge in [-0.1, -0.05) is 6.07 Å². The van der Waals surface area contributed by atoms with Crippen molar-refractivity contribution in [3.05, 3.63) is 48.6 Å². The van der Waals surface area contributed by atoms with Gasteiger partial charge < -0.3 is 14.7 Å². The predicted molar refractivity (Wildman–Crippen MR) is 102 cm³/mol. The van der Waals surface area contributed by atoms with E-state index in [9.17, 15) is 4.79 Å². The summed E-state index contributed by atoms with van der Waals surface area (Å²) >= 11 is 0. The summed E-state index contributed by atoms with van der Waals surface area (Å²) in [6.45, 7) is 4.21. The molecule has 0 spiro atoms. The molecule has 0 aliphatic heterocycles. The largest absolute Gasteiger partial charge is 0.441 e. The molecule has 0 saturated heterocycles. The Morgan fingerprint density at radius 2 is 2.15 bits per heavy atom. The van der Waals surface area contributed by atoms with E-state index in [1.165, 1.54) is 0 Å². The van der Waals surface area contributed by atoms with E-state index in [-0.39, 0.29) is 6.03 Å². The Hall–Kier alpha value is -3.68. The molecule has 0 radical (unpaired) electrons. The van der Waals surface area contributed by atoms with Crippen molar-refractivity contribution in [2.45, 2.75) is 13.8 Å². The molecule has 8 heteroatoms. The van der Waals surface area contributed by atoms with Gasteiger partial charge in [0, 0.05) is 24.5 Å². The standard InChI is InChI=1S/C19H18N6O2/c1-3-21-19(26)25-18-23-15-8-13(12-5-4-6-20-10-12)7-14(16(15)24-18)17-22-9-11(2)27-17/h4-10H,3H2,1-2H3,(H3,21,23,24,25,26). The van der Waals surface area contributed by atoms with E-state index in [1.807, 2.05) is 38.1 Å². The SMILES string of the molecule is CCNC(=O)Nc1nc2c(-c3ncc(C)o3)cc(-c3cccnc3)cc2[nH]1. The second kappa shape index (κ2) is 6.91. The van der Waals surface area contributed by atoms with Crippen LogP contribution in [0.5, 0.6) is 0 Å². The maximum absolute atomic E-state index is 11.8. The average Bonchev–Trinajstić information content (AvgIpc) is 3.27. The third kappa shape index (κ3) is 3.37. The number of rotatable bonds is 4. The number of anilines is 1. The number of fused-ring (bicyclic) bond motifs is 1. The minimum Gasteiger partial charge on any atom is -0.441 e. The number of aromatic amines is 1. The molecule has 27 heavy (non-hydrogen) atoms. The zero-order valence-corrected chi connectivity index (χ0v) is 14.9. The Labute approximate surface area is 155 Å². The van der Waals surface area contributed by atoms with Crippen molar-refractivity contribution in [3.63, 3.8) is 0 Å². The maximum Gasteiger partial charge on any atom is 0.321 e. The Morgan fingerprint density at radius 3 is 2.85 bits per heavy atom. The summed E-state index contributed by atoms with van der Waals surface area (Å²) in [7, 11) is 0. The zero-order chi connectivity index (χ0) is 18.8. The molecule has 136 valence electrons. The van der Waals surface area contributed by atoms with Crippen LogP contribution >= 0.6 is 0 Å². The lowest BCUT2D eigenvalue weighted by Crippen LogP contribution is -2.28. The highest BCUT2D eigenvalue weighted by Crippen LogP contribution is 2.33. The zero-order valence-electron chi connectivity index (χ0n) is 14.9. The first-order valence-electron chi connectivity index (χ1n) is 8.56. The highest BCUT2D eigenvalue weighted by atomic mass is 16.4. The number of hydrogen-bond acceptors (Lipinski definition) is 5. The number of hydrogen-bond donors (Lipinski definition) is 3. The maximum atomic E-state index is 11.8. The van der Waals surface area contributed by atoms with Crippen LogP contribution < -0.4 is 10.6 Å². The Balaban J connectivity index is 1.86. The van der Waals surface area contributed by atoms with Gasteiger partial charge in [-0.15, -0.1) is 0 Å². The summed E-state index contributed by atoms with van der Waals surface area (Å²) in [6.07, 6.45) is 5.18. The van der Waals surface area contributed by atoms with Crippen LogP contribution in [-0.2, 0) is 0 Å². The quantitative estimate of drug-likeness (QED) is 0.512. The third-order valence-corrected chi connectivity index (χ3v) is 4.00. The Kier molecular flexibility index (Phi) is 4.29. The number of benzene rings is 1. The van der Waals surface area contributed by atoms with Gasteiger partial charge in [0.2, 0.25) is 11.8 Å². The highest BCUT2D eigenvalue weighted by molar-refractivity contribution is 5.97. The monoisotopic (exact) mass is 362 g/mol. The second-order valence-corrected chi connectivity index (χ2v) is 6.01. The fraction of sp³-hybridized carbons (Fsp3) is 0.158. The van der Waals surface area contributed by atoms with Crippen LogP contribution in [0.2, 0.25) is 0 Å². The first-order valence-corrected chi connectivity index (χ1v) is 8.56. The summed E-state index contributed by atoms with van der Waals surface area (Å²) in [5.74, 6) is 1.53. The molecule has 3 aromatic heterocycles. The first kappa shape index (κ1) is 16.8. The van der Waals surface area contributed by atoms with E-state index >= 15 is 0 Å². The third-order valence-electron chi connectivity index (χ3n) is 4.00. The fourth-order valence-electron chi connectivity index (χ4n) is 2.83. The van der Waals surface area contributed by atoms with Gasteiger partial charge in [-0.3, -0.25) is 10.3 Å². The Morgan fingerprint density at radius 1 is 1.26 bits per heavy atom. The molecular weight excluding hydrogens is 344 g/mol. The smallest absolute Gasteiger partial charge is 0.321 e. The lowest BCUT2D eigenvalue weighted by molar-refractivity contribution is 0.252. The number of aryl methyl sites for hydroxylation is 1. The molecule has 4 rings (SSSR count). The molecule has 0 saturated carbocycles. The van der Waals surface area contributed by atoms with E-state index in [0.717, 1.165) is 22.2 Å². The van der Waals surface area contributed by atoms with Crippen LogP contribution in [0, 0.1) is 6.92 Å². The van der Waals surface area contributed by atoms with Crippen LogP contribution in [0.25, 0.3) is 33.6 Å². The van der Waals surface area contributed by atoms with Gasteiger partial charge in [-0.25, -0.2) is 14.8 Å². The number of nitrogens with zero attached hydrogens (tertiary/aromatic N) is 3. The Bertz CT molecular complexity index is 1100. The number of nitrogens with one attached hydrogen (secondary N) is 3. The summed E-state index contributed by atoms with van der Waals surface area (Å²) in [5, 5.41) is 5.37. The number of urea groups is 1. The van der Waals surface area contributed by atoms with Crippen molar-refractivity contribution in [1.82, 2.24) is 25.3 Å². The molecular formula is C19H18N6O2. The van der Waals surface area contributed by atoms with E-state index in [2.05, 4.69) is 30.6 Å². The van der Waals surface area contributed by atoms with Crippen molar-refractivity contribution in [2.24, 2.45) is 0 Å². The first-order chi connectivity index (χ1) is 13.1. The number of oxazole rings is 1. The van der Waals surface area contributed by atoms with Crippen LogP contribution in [-0.4, -0.2) is 32.5 Å². The van der Waals surface area contributed by atoms with Gasteiger partial charge >= 0.3 is 6.03 Å². The fourth-order valence-corrected chi connectivity index (χ4v) is 2.83. The molecule has 1 aromatic carbocycles. The van der Waals surface area contributed by atoms with Crippen molar-refractivity contribution < 1.29 is 9.21 Å². The summed E-state index contributed by atoms with van der Waals surface area (Å²) in [5.41, 5.74) is 4.05. The summed E-state index contributed by atoms with van der Waals surface area (Å²) in [6, 6.07) is 7.45. The summed E-state index contributed by atoms with van der Waals surface area (Å²) < 4.78 is 5.72. The summed E-state index contributed by atoms with van der Waals surface area (Å²) in [4.78, 5) is 28.0. The van der Waals surface area contributed by atoms with E-state index < -0.39 is 0 Å². The number of carbonyl (C=O) groups excluding carboxylic acids is 1. The van der Waals surface area contributed by atoms with Gasteiger partial charge in [-0.05, 0) is 37.6 Å². The molecule has 8 nitrogen and oxygen atoms in total. The molecule has 4 aromatic rings. The van der Waals surface area contributed by atoms with Crippen molar-refractivity contribution in [2.75, 3.05) is 11.9 Å². The number of amides is 2. The second-order valence-electron chi connectivity index (χ2n) is 6.01. The topological polar surface area (TPSA) is 109 Å². The number of carbonyl (C=O) groups is 1. The van der Waals surface area contributed by atoms with Crippen LogP contribution in [0.4, 0.5) is 10.7 Å². The minimum absolute atomic E-state index is 0.322. The normalized spacial score (nSPS) is 10.9. The van der Waals surface area contributed by atoms with E-state index in [4.69, 9.17) is 4.42 Å². The van der Waals surface area contributed by atoms with Crippen LogP contribution in [0.1, 0.15) is 12.7 Å². The molecule has 0 aliphatic rings. The minimum atomic E-state index is -0.322. The molecule has 0 unspecified atom stereocenters. The van der Waals surface area contributed by atoms with Crippen molar-refractivity contribution >= 4 is 23.0 Å². The highest BCUT2D eigenvalue weighted by Gasteiger charge is 2.16. The lowest BCUT2D eigenvalue weighted by atomic mass is 10.0. The van der Waals surface area contributed by atoms with Gasteiger partial charge in [-0.2, -0.15) is 0 Å². The van der Waals surface area contributed by atoms with Crippen LogP contribution in [0.15, 0.2) is 47.3 Å². The molecule has 2 amide bonds. The number of H-pyrrole nitrogens is 1. The van der Waals surface area contributed by atoms with Crippen LogP contribution in [0.3, 0.4) is 0 Å². The van der Waals surface area contributed by atoms with Crippen molar-refractivity contribution in [3.8, 4) is 22.6 Å². The number of imidazole rings is 1. The predicted octanol–water partition coefficient (Wildman–Crippen LogP) is 3.73. The van der Waals surface area contributed by atoms with Gasteiger partial charge in [0.15, 0.2) is 0 Å². The molecule has 3 heterocycles. The molecule has 0 fully saturated rings. The van der Waals surface area contributed by atoms with E-state index in [1.54, 1.807) is 18.6 Å². The van der Waals surface area contributed by atoms with E-state index in [0.29, 0.717) is 29.7 Å². The lowest BCUT2D eigenvalue weighted by Gasteiger charge is -2.04. The molecule has 0 aliphatic carbocycles. The molecule has 0 bridgehead atoms. The van der Waals surface area contributed by atoms with Gasteiger partial charge in [0.1, 0.15) is 11.3 Å². The average molecular weight is 362 g/mol.